The fourth-order valence-corrected chi connectivity index (χ4v) is 3.64. The first-order valence-electron chi connectivity index (χ1n) is 9.14. The highest BCUT2D eigenvalue weighted by Crippen LogP contribution is 2.30. The summed E-state index contributed by atoms with van der Waals surface area (Å²) in [7, 11) is 0. The Morgan fingerprint density at radius 1 is 1.31 bits per heavy atom. The number of hydrogen-bond donors (Lipinski definition) is 2. The van der Waals surface area contributed by atoms with Gasteiger partial charge in [0, 0.05) is 25.0 Å². The summed E-state index contributed by atoms with van der Waals surface area (Å²) in [6.07, 6.45) is -0.520. The van der Waals surface area contributed by atoms with E-state index in [0.717, 1.165) is 29.8 Å². The second kappa shape index (κ2) is 10.1. The van der Waals surface area contributed by atoms with Crippen LogP contribution >= 0.6 is 11.3 Å². The molecule has 148 valence electrons. The predicted molar refractivity (Wildman–Crippen MR) is 99.4 cm³/mol. The fourth-order valence-electron chi connectivity index (χ4n) is 2.92. The normalized spacial score (nSPS) is 18.0. The lowest BCUT2D eigenvalue weighted by atomic mass is 10.1. The molecule has 26 heavy (non-hydrogen) atoms. The van der Waals surface area contributed by atoms with Crippen molar-refractivity contribution in [3.05, 3.63) is 16.1 Å². The highest BCUT2D eigenvalue weighted by Gasteiger charge is 2.33. The van der Waals surface area contributed by atoms with E-state index >= 15 is 0 Å². The van der Waals surface area contributed by atoms with Crippen molar-refractivity contribution < 1.29 is 13.2 Å². The molecule has 1 unspecified atom stereocenters. The Morgan fingerprint density at radius 3 is 2.65 bits per heavy atom. The Labute approximate surface area is 157 Å². The standard InChI is InChI=1S/C17H28F3N5S/c1-3-21-16(22-9-13(2)11-25-7-5-4-6-8-25)23-10-15-24-14(12-26-15)17(18,19)20/h12-13H,3-11H2,1-2H3,(H2,21,22,23). The van der Waals surface area contributed by atoms with Crippen LogP contribution in [0.25, 0.3) is 0 Å². The minimum atomic E-state index is -4.40. The van der Waals surface area contributed by atoms with E-state index in [2.05, 4.69) is 32.4 Å². The van der Waals surface area contributed by atoms with Gasteiger partial charge in [0.05, 0.1) is 6.54 Å². The van der Waals surface area contributed by atoms with E-state index in [4.69, 9.17) is 0 Å². The Morgan fingerprint density at radius 2 is 2.04 bits per heavy atom. The Hall–Kier alpha value is -1.35. The third-order valence-corrected chi connectivity index (χ3v) is 5.03. The van der Waals surface area contributed by atoms with Crippen molar-refractivity contribution >= 4 is 17.3 Å². The molecule has 1 aliphatic heterocycles. The maximum Gasteiger partial charge on any atom is 0.434 e. The third-order valence-electron chi connectivity index (χ3n) is 4.20. The summed E-state index contributed by atoms with van der Waals surface area (Å²) in [4.78, 5) is 10.5. The van der Waals surface area contributed by atoms with Crippen LogP contribution in [0.15, 0.2) is 10.4 Å². The monoisotopic (exact) mass is 391 g/mol. The molecule has 0 bridgehead atoms. The van der Waals surface area contributed by atoms with Gasteiger partial charge in [-0.1, -0.05) is 13.3 Å². The molecule has 1 atom stereocenters. The van der Waals surface area contributed by atoms with Crippen LogP contribution in [-0.4, -0.2) is 48.6 Å². The van der Waals surface area contributed by atoms with E-state index in [-0.39, 0.29) is 6.54 Å². The highest BCUT2D eigenvalue weighted by molar-refractivity contribution is 7.09. The third kappa shape index (κ3) is 7.11. The lowest BCUT2D eigenvalue weighted by Crippen LogP contribution is -2.42. The molecule has 1 aromatic heterocycles. The first-order valence-corrected chi connectivity index (χ1v) is 10.0. The summed E-state index contributed by atoms with van der Waals surface area (Å²) in [6.45, 7) is 9.14. The number of halogens is 3. The van der Waals surface area contributed by atoms with Gasteiger partial charge in [-0.2, -0.15) is 13.2 Å². The molecule has 0 saturated carbocycles. The van der Waals surface area contributed by atoms with Gasteiger partial charge in [-0.05, 0) is 38.8 Å². The topological polar surface area (TPSA) is 52.6 Å². The Bertz CT molecular complexity index is 567. The van der Waals surface area contributed by atoms with Crippen molar-refractivity contribution in [3.63, 3.8) is 0 Å². The molecule has 1 fully saturated rings. The predicted octanol–water partition coefficient (Wildman–Crippen LogP) is 3.34. The number of hydrogen-bond acceptors (Lipinski definition) is 4. The molecule has 0 amide bonds. The number of thiazole rings is 1. The highest BCUT2D eigenvalue weighted by atomic mass is 32.1. The van der Waals surface area contributed by atoms with E-state index in [9.17, 15) is 13.2 Å². The molecule has 0 radical (unpaired) electrons. The maximum absolute atomic E-state index is 12.6. The van der Waals surface area contributed by atoms with E-state index in [1.54, 1.807) is 0 Å². The summed E-state index contributed by atoms with van der Waals surface area (Å²) >= 11 is 0.984. The zero-order valence-corrected chi connectivity index (χ0v) is 16.2. The summed E-state index contributed by atoms with van der Waals surface area (Å²) in [5, 5.41) is 7.80. The van der Waals surface area contributed by atoms with Crippen molar-refractivity contribution in [1.29, 1.82) is 0 Å². The number of alkyl halides is 3. The molecular weight excluding hydrogens is 363 g/mol. The molecule has 2 heterocycles. The average molecular weight is 392 g/mol. The van der Waals surface area contributed by atoms with Gasteiger partial charge in [-0.25, -0.2) is 9.98 Å². The van der Waals surface area contributed by atoms with Gasteiger partial charge in [0.1, 0.15) is 5.01 Å². The summed E-state index contributed by atoms with van der Waals surface area (Å²) in [6, 6.07) is 0. The SMILES string of the molecule is CCNC(=NCc1nc(C(F)(F)F)cs1)NCC(C)CN1CCCCC1. The van der Waals surface area contributed by atoms with Crippen LogP contribution in [-0.2, 0) is 12.7 Å². The maximum atomic E-state index is 12.6. The second-order valence-corrected chi connectivity index (χ2v) is 7.61. The minimum absolute atomic E-state index is 0.136. The smallest absolute Gasteiger partial charge is 0.357 e. The second-order valence-electron chi connectivity index (χ2n) is 6.67. The number of aromatic nitrogens is 1. The summed E-state index contributed by atoms with van der Waals surface area (Å²) < 4.78 is 37.8. The molecule has 0 aromatic carbocycles. The lowest BCUT2D eigenvalue weighted by molar-refractivity contribution is -0.140. The number of guanidine groups is 1. The van der Waals surface area contributed by atoms with Crippen LogP contribution in [0.1, 0.15) is 43.8 Å². The van der Waals surface area contributed by atoms with Gasteiger partial charge < -0.3 is 15.5 Å². The van der Waals surface area contributed by atoms with Crippen LogP contribution in [0.3, 0.4) is 0 Å². The van der Waals surface area contributed by atoms with Crippen molar-refractivity contribution in [1.82, 2.24) is 20.5 Å². The molecule has 1 saturated heterocycles. The van der Waals surface area contributed by atoms with E-state index in [1.165, 1.54) is 32.4 Å². The molecule has 2 rings (SSSR count). The molecule has 0 spiro atoms. The molecular formula is C17H28F3N5S. The fraction of sp³-hybridized carbons (Fsp3) is 0.765. The Balaban J connectivity index is 1.82. The van der Waals surface area contributed by atoms with Crippen LogP contribution < -0.4 is 10.6 Å². The number of piperidine rings is 1. The molecule has 2 N–H and O–H groups in total. The summed E-state index contributed by atoms with van der Waals surface area (Å²) in [5.74, 6) is 1.08. The van der Waals surface area contributed by atoms with Gasteiger partial charge in [0.15, 0.2) is 11.7 Å². The minimum Gasteiger partial charge on any atom is -0.357 e. The van der Waals surface area contributed by atoms with Crippen LogP contribution in [0.4, 0.5) is 13.2 Å². The van der Waals surface area contributed by atoms with Crippen LogP contribution in [0, 0.1) is 5.92 Å². The first-order chi connectivity index (χ1) is 12.4. The quantitative estimate of drug-likeness (QED) is 0.553. The lowest BCUT2D eigenvalue weighted by Gasteiger charge is -2.29. The van der Waals surface area contributed by atoms with E-state index < -0.39 is 11.9 Å². The molecule has 5 nitrogen and oxygen atoms in total. The average Bonchev–Trinajstić information content (AvgIpc) is 3.08. The van der Waals surface area contributed by atoms with Crippen molar-refractivity contribution in [2.45, 2.75) is 45.8 Å². The number of nitrogens with zero attached hydrogens (tertiary/aromatic N) is 3. The van der Waals surface area contributed by atoms with Gasteiger partial charge in [0.2, 0.25) is 0 Å². The van der Waals surface area contributed by atoms with Gasteiger partial charge in [-0.15, -0.1) is 11.3 Å². The van der Waals surface area contributed by atoms with Crippen LogP contribution in [0.2, 0.25) is 0 Å². The van der Waals surface area contributed by atoms with Gasteiger partial charge in [0.25, 0.3) is 0 Å². The molecule has 0 aliphatic carbocycles. The van der Waals surface area contributed by atoms with Gasteiger partial charge >= 0.3 is 6.18 Å². The largest absolute Gasteiger partial charge is 0.434 e. The number of likely N-dealkylation sites (tertiary alicyclic amines) is 1. The van der Waals surface area contributed by atoms with E-state index in [0.29, 0.717) is 23.4 Å². The van der Waals surface area contributed by atoms with E-state index in [1.807, 2.05) is 6.92 Å². The van der Waals surface area contributed by atoms with Crippen molar-refractivity contribution in [2.24, 2.45) is 10.9 Å². The molecule has 1 aromatic rings. The van der Waals surface area contributed by atoms with Crippen molar-refractivity contribution in [2.75, 3.05) is 32.7 Å². The van der Waals surface area contributed by atoms with Gasteiger partial charge in [-0.3, -0.25) is 0 Å². The zero-order valence-electron chi connectivity index (χ0n) is 15.4. The Kier molecular flexibility index (Phi) is 8.15. The number of nitrogens with one attached hydrogen (secondary N) is 2. The number of aliphatic imine (C=N–C) groups is 1. The molecule has 1 aliphatic rings. The molecule has 9 heteroatoms. The van der Waals surface area contributed by atoms with Crippen LogP contribution in [0.5, 0.6) is 0 Å². The summed E-state index contributed by atoms with van der Waals surface area (Å²) in [5.41, 5.74) is -0.846. The number of rotatable bonds is 7. The zero-order chi connectivity index (χ0) is 19.0. The first kappa shape index (κ1) is 21.0. The van der Waals surface area contributed by atoms with Crippen molar-refractivity contribution in [3.8, 4) is 0 Å².